The predicted octanol–water partition coefficient (Wildman–Crippen LogP) is -0.118. The van der Waals surface area contributed by atoms with Crippen molar-refractivity contribution in [3.8, 4) is 0 Å². The summed E-state index contributed by atoms with van der Waals surface area (Å²) < 4.78 is 0. The summed E-state index contributed by atoms with van der Waals surface area (Å²) in [6, 6.07) is 4.77. The molecule has 4 amide bonds. The number of nitrogens with zero attached hydrogens (tertiary/aromatic N) is 2. The van der Waals surface area contributed by atoms with Gasteiger partial charge in [-0.15, -0.1) is 0 Å². The standard InChI is InChI=1S/C19H22N4O4/c1-11-9-20-6-7-22(11)10-12-2-3-13-14(8-12)19(27)23(18(13)26)15-4-5-16(24)21-17(15)25/h2-3,8,11,15,20H,4-7,9-10H2,1H3,(H,21,24,25)/t11-,15?/m1/s1. The number of carbonyl (C=O) groups is 4. The van der Waals surface area contributed by atoms with Crippen molar-refractivity contribution < 1.29 is 19.2 Å². The van der Waals surface area contributed by atoms with Crippen molar-refractivity contribution in [1.82, 2.24) is 20.4 Å². The van der Waals surface area contributed by atoms with E-state index < -0.39 is 23.8 Å². The van der Waals surface area contributed by atoms with Crippen molar-refractivity contribution in [3.63, 3.8) is 0 Å². The fourth-order valence-electron chi connectivity index (χ4n) is 3.97. The first-order valence-electron chi connectivity index (χ1n) is 9.25. The maximum Gasteiger partial charge on any atom is 0.262 e. The Labute approximate surface area is 156 Å². The largest absolute Gasteiger partial charge is 0.314 e. The Kier molecular flexibility index (Phi) is 4.53. The lowest BCUT2D eigenvalue weighted by molar-refractivity contribution is -0.136. The Balaban J connectivity index is 1.56. The second kappa shape index (κ2) is 6.86. The first kappa shape index (κ1) is 17.8. The summed E-state index contributed by atoms with van der Waals surface area (Å²) in [4.78, 5) is 52.4. The zero-order chi connectivity index (χ0) is 19.1. The molecular formula is C19H22N4O4. The average Bonchev–Trinajstić information content (AvgIpc) is 2.88. The average molecular weight is 370 g/mol. The van der Waals surface area contributed by atoms with Crippen molar-refractivity contribution in [3.05, 3.63) is 34.9 Å². The van der Waals surface area contributed by atoms with Gasteiger partial charge >= 0.3 is 0 Å². The molecule has 3 aliphatic heterocycles. The van der Waals surface area contributed by atoms with Gasteiger partial charge in [-0.2, -0.15) is 0 Å². The van der Waals surface area contributed by atoms with Gasteiger partial charge in [0.1, 0.15) is 6.04 Å². The second-order valence-electron chi connectivity index (χ2n) is 7.35. The molecule has 0 saturated carbocycles. The molecule has 2 saturated heterocycles. The molecule has 0 aliphatic carbocycles. The molecule has 2 atom stereocenters. The van der Waals surface area contributed by atoms with Crippen LogP contribution in [-0.2, 0) is 16.1 Å². The van der Waals surface area contributed by atoms with E-state index in [0.29, 0.717) is 23.7 Å². The highest BCUT2D eigenvalue weighted by molar-refractivity contribution is 6.23. The summed E-state index contributed by atoms with van der Waals surface area (Å²) >= 11 is 0. The van der Waals surface area contributed by atoms with Gasteiger partial charge in [-0.3, -0.25) is 34.3 Å². The van der Waals surface area contributed by atoms with Gasteiger partial charge in [0.15, 0.2) is 0 Å². The normalized spacial score (nSPS) is 26.3. The summed E-state index contributed by atoms with van der Waals surface area (Å²) in [5.74, 6) is -1.89. The molecule has 142 valence electrons. The lowest BCUT2D eigenvalue weighted by atomic mass is 10.0. The number of piperazine rings is 1. The molecule has 1 aromatic rings. The van der Waals surface area contributed by atoms with E-state index in [1.54, 1.807) is 12.1 Å². The highest BCUT2D eigenvalue weighted by Crippen LogP contribution is 2.28. The van der Waals surface area contributed by atoms with E-state index in [0.717, 1.165) is 30.1 Å². The highest BCUT2D eigenvalue weighted by atomic mass is 16.2. The summed E-state index contributed by atoms with van der Waals surface area (Å²) in [7, 11) is 0. The number of piperidine rings is 1. The van der Waals surface area contributed by atoms with Gasteiger partial charge in [-0.1, -0.05) is 6.07 Å². The van der Waals surface area contributed by atoms with Crippen LogP contribution < -0.4 is 10.6 Å². The van der Waals surface area contributed by atoms with E-state index in [9.17, 15) is 19.2 Å². The van der Waals surface area contributed by atoms with E-state index in [1.165, 1.54) is 0 Å². The number of rotatable bonds is 3. The smallest absolute Gasteiger partial charge is 0.262 e. The van der Waals surface area contributed by atoms with Crippen LogP contribution in [0.15, 0.2) is 18.2 Å². The third kappa shape index (κ3) is 3.15. The molecule has 1 unspecified atom stereocenters. The minimum absolute atomic E-state index is 0.121. The quantitative estimate of drug-likeness (QED) is 0.720. The molecule has 3 heterocycles. The van der Waals surface area contributed by atoms with E-state index >= 15 is 0 Å². The predicted molar refractivity (Wildman–Crippen MR) is 95.9 cm³/mol. The van der Waals surface area contributed by atoms with Crippen LogP contribution in [0.25, 0.3) is 0 Å². The van der Waals surface area contributed by atoms with E-state index in [1.807, 2.05) is 6.07 Å². The molecule has 0 spiro atoms. The zero-order valence-electron chi connectivity index (χ0n) is 15.2. The maximum absolute atomic E-state index is 12.9. The van der Waals surface area contributed by atoms with E-state index in [-0.39, 0.29) is 18.7 Å². The Hall–Kier alpha value is -2.58. The van der Waals surface area contributed by atoms with Gasteiger partial charge in [0, 0.05) is 38.6 Å². The topological polar surface area (TPSA) is 98.8 Å². The van der Waals surface area contributed by atoms with Crippen LogP contribution >= 0.6 is 0 Å². The van der Waals surface area contributed by atoms with Crippen molar-refractivity contribution in [2.45, 2.75) is 38.4 Å². The van der Waals surface area contributed by atoms with Crippen LogP contribution in [0.5, 0.6) is 0 Å². The zero-order valence-corrected chi connectivity index (χ0v) is 15.2. The Morgan fingerprint density at radius 3 is 2.63 bits per heavy atom. The van der Waals surface area contributed by atoms with Crippen LogP contribution in [0.1, 0.15) is 46.0 Å². The first-order chi connectivity index (χ1) is 13.0. The van der Waals surface area contributed by atoms with Crippen LogP contribution in [0.4, 0.5) is 0 Å². The molecule has 2 N–H and O–H groups in total. The molecule has 0 aromatic heterocycles. The van der Waals surface area contributed by atoms with Crippen LogP contribution in [0.3, 0.4) is 0 Å². The Bertz CT molecular complexity index is 837. The number of amides is 4. The van der Waals surface area contributed by atoms with Crippen LogP contribution in [-0.4, -0.2) is 65.1 Å². The fraction of sp³-hybridized carbons (Fsp3) is 0.474. The fourth-order valence-corrected chi connectivity index (χ4v) is 3.97. The molecule has 3 aliphatic rings. The molecule has 0 bridgehead atoms. The van der Waals surface area contributed by atoms with Gasteiger partial charge in [0.25, 0.3) is 11.8 Å². The highest BCUT2D eigenvalue weighted by Gasteiger charge is 2.44. The number of benzene rings is 1. The number of fused-ring (bicyclic) bond motifs is 1. The van der Waals surface area contributed by atoms with Gasteiger partial charge in [0.05, 0.1) is 11.1 Å². The van der Waals surface area contributed by atoms with Gasteiger partial charge in [0.2, 0.25) is 11.8 Å². The lowest BCUT2D eigenvalue weighted by Gasteiger charge is -2.33. The Morgan fingerprint density at radius 2 is 1.89 bits per heavy atom. The van der Waals surface area contributed by atoms with Crippen molar-refractivity contribution in [2.24, 2.45) is 0 Å². The SMILES string of the molecule is C[C@@H]1CNCCN1Cc1ccc2c(c1)C(=O)N(C1CCC(=O)NC1=O)C2=O. The summed E-state index contributed by atoms with van der Waals surface area (Å²) in [6.45, 7) is 5.63. The molecular weight excluding hydrogens is 348 g/mol. The van der Waals surface area contributed by atoms with E-state index in [2.05, 4.69) is 22.5 Å². The van der Waals surface area contributed by atoms with Gasteiger partial charge in [-0.05, 0) is 31.0 Å². The maximum atomic E-state index is 12.9. The minimum atomic E-state index is -0.924. The van der Waals surface area contributed by atoms with Crippen LogP contribution in [0.2, 0.25) is 0 Å². The lowest BCUT2D eigenvalue weighted by Crippen LogP contribution is -2.54. The molecule has 2 fully saturated rings. The molecule has 4 rings (SSSR count). The van der Waals surface area contributed by atoms with E-state index in [4.69, 9.17) is 0 Å². The molecule has 0 radical (unpaired) electrons. The van der Waals surface area contributed by atoms with Gasteiger partial charge in [-0.25, -0.2) is 0 Å². The minimum Gasteiger partial charge on any atom is -0.314 e. The molecule has 8 nitrogen and oxygen atoms in total. The summed E-state index contributed by atoms with van der Waals surface area (Å²) in [5, 5.41) is 5.55. The Morgan fingerprint density at radius 1 is 1.11 bits per heavy atom. The second-order valence-corrected chi connectivity index (χ2v) is 7.35. The van der Waals surface area contributed by atoms with Gasteiger partial charge < -0.3 is 5.32 Å². The third-order valence-corrected chi connectivity index (χ3v) is 5.53. The number of hydrogen-bond acceptors (Lipinski definition) is 6. The number of carbonyl (C=O) groups excluding carboxylic acids is 4. The number of imide groups is 2. The monoisotopic (exact) mass is 370 g/mol. The first-order valence-corrected chi connectivity index (χ1v) is 9.25. The van der Waals surface area contributed by atoms with Crippen LogP contribution in [0, 0.1) is 0 Å². The molecule has 8 heteroatoms. The number of hydrogen-bond donors (Lipinski definition) is 2. The number of nitrogens with one attached hydrogen (secondary N) is 2. The summed E-state index contributed by atoms with van der Waals surface area (Å²) in [5.41, 5.74) is 1.63. The van der Waals surface area contributed by atoms with Crippen molar-refractivity contribution in [2.75, 3.05) is 19.6 Å². The van der Waals surface area contributed by atoms with Crippen molar-refractivity contribution >= 4 is 23.6 Å². The summed E-state index contributed by atoms with van der Waals surface area (Å²) in [6.07, 6.45) is 0.289. The molecule has 1 aromatic carbocycles. The third-order valence-electron chi connectivity index (χ3n) is 5.53. The van der Waals surface area contributed by atoms with Crippen molar-refractivity contribution in [1.29, 1.82) is 0 Å². The molecule has 27 heavy (non-hydrogen) atoms.